The van der Waals surface area contributed by atoms with E-state index in [1.54, 1.807) is 24.3 Å². The zero-order valence-corrected chi connectivity index (χ0v) is 9.37. The van der Waals surface area contributed by atoms with Gasteiger partial charge in [0, 0.05) is 10.6 Å². The first-order valence-corrected chi connectivity index (χ1v) is 5.22. The molecule has 0 fully saturated rings. The fourth-order valence-electron chi connectivity index (χ4n) is 1.50. The first-order chi connectivity index (χ1) is 8.08. The second-order valence-electron chi connectivity index (χ2n) is 3.49. The van der Waals surface area contributed by atoms with Crippen LogP contribution < -0.4 is 5.11 Å². The van der Waals surface area contributed by atoms with Crippen LogP contribution in [0.25, 0.3) is 11.1 Å². The Morgan fingerprint density at radius 2 is 1.65 bits per heavy atom. The third-order valence-electron chi connectivity index (χ3n) is 2.36. The van der Waals surface area contributed by atoms with Gasteiger partial charge in [-0.2, -0.15) is 0 Å². The van der Waals surface area contributed by atoms with Crippen LogP contribution in [0.1, 0.15) is 10.4 Å². The first kappa shape index (κ1) is 11.6. The summed E-state index contributed by atoms with van der Waals surface area (Å²) < 4.78 is 13.2. The number of carbonyl (C=O) groups is 1. The van der Waals surface area contributed by atoms with Crippen LogP contribution >= 0.6 is 11.6 Å². The van der Waals surface area contributed by atoms with Crippen LogP contribution in [0.5, 0.6) is 0 Å². The molecule has 0 heterocycles. The van der Waals surface area contributed by atoms with Crippen LogP contribution in [-0.2, 0) is 0 Å². The van der Waals surface area contributed by atoms with Gasteiger partial charge < -0.3 is 9.90 Å². The van der Waals surface area contributed by atoms with E-state index in [4.69, 9.17) is 11.6 Å². The lowest BCUT2D eigenvalue weighted by atomic mass is 10.0. The Morgan fingerprint density at radius 1 is 1.06 bits per heavy atom. The molecule has 0 radical (unpaired) electrons. The summed E-state index contributed by atoms with van der Waals surface area (Å²) in [6.07, 6.45) is 0. The van der Waals surface area contributed by atoms with Crippen LogP contribution in [0.4, 0.5) is 4.39 Å². The van der Waals surface area contributed by atoms with Crippen LogP contribution in [0, 0.1) is 5.82 Å². The lowest BCUT2D eigenvalue weighted by Crippen LogP contribution is -2.23. The molecule has 0 amide bonds. The van der Waals surface area contributed by atoms with Crippen molar-refractivity contribution in [2.45, 2.75) is 0 Å². The summed E-state index contributed by atoms with van der Waals surface area (Å²) in [6.45, 7) is 0. The number of halogens is 2. The summed E-state index contributed by atoms with van der Waals surface area (Å²) in [7, 11) is 0. The van der Waals surface area contributed by atoms with Crippen molar-refractivity contribution in [2.75, 3.05) is 0 Å². The maximum Gasteiger partial charge on any atom is 0.132 e. The molecular weight excluding hydrogens is 243 g/mol. The Labute approximate surface area is 102 Å². The second-order valence-corrected chi connectivity index (χ2v) is 3.93. The SMILES string of the molecule is O=C([O-])c1cc(-c2ccc(Cl)cc2)ccc1F. The summed E-state index contributed by atoms with van der Waals surface area (Å²) in [5.41, 5.74) is 0.914. The minimum absolute atomic E-state index is 0.447. The van der Waals surface area contributed by atoms with Gasteiger partial charge in [-0.15, -0.1) is 0 Å². The van der Waals surface area contributed by atoms with Gasteiger partial charge in [-0.3, -0.25) is 0 Å². The highest BCUT2D eigenvalue weighted by molar-refractivity contribution is 6.30. The van der Waals surface area contributed by atoms with Crippen molar-refractivity contribution >= 4 is 17.6 Å². The van der Waals surface area contributed by atoms with E-state index in [1.165, 1.54) is 12.1 Å². The third-order valence-corrected chi connectivity index (χ3v) is 2.62. The van der Waals surface area contributed by atoms with Crippen molar-refractivity contribution in [1.82, 2.24) is 0 Å². The molecule has 2 aromatic carbocycles. The Bertz CT molecular complexity index is 564. The average molecular weight is 250 g/mol. The number of hydrogen-bond donors (Lipinski definition) is 0. The number of carboxylic acid groups (broad SMARTS) is 1. The summed E-state index contributed by atoms with van der Waals surface area (Å²) >= 11 is 5.74. The lowest BCUT2D eigenvalue weighted by Gasteiger charge is -2.07. The number of hydrogen-bond acceptors (Lipinski definition) is 2. The van der Waals surface area contributed by atoms with Gasteiger partial charge >= 0.3 is 0 Å². The standard InChI is InChI=1S/C13H8ClFO2/c14-10-4-1-8(2-5-10)9-3-6-12(15)11(7-9)13(16)17/h1-7H,(H,16,17)/p-1. The van der Waals surface area contributed by atoms with E-state index in [9.17, 15) is 14.3 Å². The van der Waals surface area contributed by atoms with E-state index in [2.05, 4.69) is 0 Å². The lowest BCUT2D eigenvalue weighted by molar-refractivity contribution is -0.255. The molecule has 0 saturated heterocycles. The van der Waals surface area contributed by atoms with Gasteiger partial charge in [0.2, 0.25) is 0 Å². The van der Waals surface area contributed by atoms with Gasteiger partial charge in [-0.1, -0.05) is 29.8 Å². The number of aromatic carboxylic acids is 1. The Kier molecular flexibility index (Phi) is 3.11. The molecule has 0 unspecified atom stereocenters. The fraction of sp³-hybridized carbons (Fsp3) is 0. The van der Waals surface area contributed by atoms with Crippen molar-refractivity contribution in [3.63, 3.8) is 0 Å². The van der Waals surface area contributed by atoms with Gasteiger partial charge in [0.15, 0.2) is 0 Å². The molecule has 0 bridgehead atoms. The van der Waals surface area contributed by atoms with Gasteiger partial charge in [0.25, 0.3) is 0 Å². The Balaban J connectivity index is 2.50. The molecule has 0 atom stereocenters. The molecule has 2 rings (SSSR count). The number of rotatable bonds is 2. The molecule has 2 nitrogen and oxygen atoms in total. The Morgan fingerprint density at radius 3 is 2.24 bits per heavy atom. The predicted molar refractivity (Wildman–Crippen MR) is 61.2 cm³/mol. The molecule has 0 saturated carbocycles. The van der Waals surface area contributed by atoms with Crippen LogP contribution in [-0.4, -0.2) is 5.97 Å². The fourth-order valence-corrected chi connectivity index (χ4v) is 1.63. The van der Waals surface area contributed by atoms with Crippen LogP contribution in [0.15, 0.2) is 42.5 Å². The molecule has 0 aliphatic heterocycles. The van der Waals surface area contributed by atoms with E-state index >= 15 is 0 Å². The predicted octanol–water partition coefficient (Wildman–Crippen LogP) is 2.51. The molecule has 86 valence electrons. The van der Waals surface area contributed by atoms with E-state index in [0.29, 0.717) is 10.6 Å². The van der Waals surface area contributed by atoms with Gasteiger partial charge in [0.1, 0.15) is 5.82 Å². The number of carbonyl (C=O) groups excluding carboxylic acids is 1. The van der Waals surface area contributed by atoms with E-state index in [-0.39, 0.29) is 0 Å². The monoisotopic (exact) mass is 249 g/mol. The zero-order chi connectivity index (χ0) is 12.4. The maximum absolute atomic E-state index is 13.2. The summed E-state index contributed by atoms with van der Waals surface area (Å²) in [4.78, 5) is 10.7. The van der Waals surface area contributed by atoms with Gasteiger partial charge in [-0.25, -0.2) is 4.39 Å². The van der Waals surface area contributed by atoms with Crippen molar-refractivity contribution in [3.05, 3.63) is 58.9 Å². The normalized spacial score (nSPS) is 10.2. The minimum atomic E-state index is -1.53. The molecule has 0 aliphatic carbocycles. The second kappa shape index (κ2) is 4.55. The molecule has 4 heteroatoms. The van der Waals surface area contributed by atoms with Gasteiger partial charge in [0.05, 0.1) is 5.97 Å². The third kappa shape index (κ3) is 2.45. The molecular formula is C13H7ClFO2-. The zero-order valence-electron chi connectivity index (χ0n) is 8.61. The highest BCUT2D eigenvalue weighted by Crippen LogP contribution is 2.23. The largest absolute Gasteiger partial charge is 0.545 e. The average Bonchev–Trinajstić information content (AvgIpc) is 2.30. The van der Waals surface area contributed by atoms with Crippen molar-refractivity contribution in [1.29, 1.82) is 0 Å². The smallest absolute Gasteiger partial charge is 0.132 e. The highest BCUT2D eigenvalue weighted by atomic mass is 35.5. The minimum Gasteiger partial charge on any atom is -0.545 e. The molecule has 0 aliphatic rings. The van der Waals surface area contributed by atoms with Crippen LogP contribution in [0.3, 0.4) is 0 Å². The Hall–Kier alpha value is -1.87. The first-order valence-electron chi connectivity index (χ1n) is 4.85. The van der Waals surface area contributed by atoms with Crippen molar-refractivity contribution in [2.24, 2.45) is 0 Å². The van der Waals surface area contributed by atoms with E-state index in [0.717, 1.165) is 11.6 Å². The van der Waals surface area contributed by atoms with E-state index in [1.807, 2.05) is 0 Å². The number of benzene rings is 2. The van der Waals surface area contributed by atoms with E-state index < -0.39 is 17.3 Å². The van der Waals surface area contributed by atoms with Crippen molar-refractivity contribution < 1.29 is 14.3 Å². The molecule has 0 aromatic heterocycles. The number of carboxylic acids is 1. The molecule has 2 aromatic rings. The quantitative estimate of drug-likeness (QED) is 0.820. The van der Waals surface area contributed by atoms with Gasteiger partial charge in [-0.05, 0) is 35.4 Å². The molecule has 0 spiro atoms. The summed E-state index contributed by atoms with van der Waals surface area (Å²) in [6, 6.07) is 10.7. The molecule has 17 heavy (non-hydrogen) atoms. The molecule has 0 N–H and O–H groups in total. The summed E-state index contributed by atoms with van der Waals surface area (Å²) in [5, 5.41) is 11.3. The highest BCUT2D eigenvalue weighted by Gasteiger charge is 2.05. The maximum atomic E-state index is 13.2. The summed E-state index contributed by atoms with van der Waals surface area (Å²) in [5.74, 6) is -2.33. The topological polar surface area (TPSA) is 40.1 Å². The van der Waals surface area contributed by atoms with Crippen LogP contribution in [0.2, 0.25) is 5.02 Å². The van der Waals surface area contributed by atoms with Crippen molar-refractivity contribution in [3.8, 4) is 11.1 Å².